The summed E-state index contributed by atoms with van der Waals surface area (Å²) in [6.45, 7) is 3.40. The van der Waals surface area contributed by atoms with E-state index < -0.39 is 24.7 Å². The molecule has 19 heavy (non-hydrogen) atoms. The van der Waals surface area contributed by atoms with Crippen LogP contribution in [0.3, 0.4) is 0 Å². The summed E-state index contributed by atoms with van der Waals surface area (Å²) in [5, 5.41) is 12.2. The lowest BCUT2D eigenvalue weighted by molar-refractivity contribution is -0.141. The highest BCUT2D eigenvalue weighted by molar-refractivity contribution is 5.19. The predicted octanol–water partition coefficient (Wildman–Crippen LogP) is 3.43. The highest BCUT2D eigenvalue weighted by Gasteiger charge is 2.33. The number of aliphatic hydroxyl groups is 1. The lowest BCUT2D eigenvalue weighted by atomic mass is 10.0. The van der Waals surface area contributed by atoms with Gasteiger partial charge in [-0.25, -0.2) is 0 Å². The number of hydrogen-bond donors (Lipinski definition) is 2. The van der Waals surface area contributed by atoms with Gasteiger partial charge in [-0.3, -0.25) is 0 Å². The normalized spacial score (nSPS) is 16.9. The van der Waals surface area contributed by atoms with Gasteiger partial charge < -0.3 is 10.4 Å². The summed E-state index contributed by atoms with van der Waals surface area (Å²) in [6.07, 6.45) is -5.26. The molecule has 0 fully saturated rings. The lowest BCUT2D eigenvalue weighted by Crippen LogP contribution is -2.35. The van der Waals surface area contributed by atoms with Gasteiger partial charge in [-0.05, 0) is 25.8 Å². The summed E-state index contributed by atoms with van der Waals surface area (Å²) < 4.78 is 37.8. The van der Waals surface area contributed by atoms with Crippen LogP contribution in [0.2, 0.25) is 0 Å². The minimum Gasteiger partial charge on any atom is -0.393 e. The second-order valence-electron chi connectivity index (χ2n) is 4.94. The number of nitrogens with one attached hydrogen (secondary N) is 1. The van der Waals surface area contributed by atoms with E-state index in [9.17, 15) is 18.3 Å². The maximum Gasteiger partial charge on any atom is 0.390 e. The number of benzene rings is 1. The Kier molecular flexibility index (Phi) is 5.82. The Hall–Kier alpha value is -1.07. The van der Waals surface area contributed by atoms with Crippen LogP contribution in [-0.2, 0) is 0 Å². The van der Waals surface area contributed by atoms with Crippen LogP contribution in [0.4, 0.5) is 13.2 Å². The minimum absolute atomic E-state index is 0.187. The molecular weight excluding hydrogens is 255 g/mol. The molecule has 0 spiro atoms. The van der Waals surface area contributed by atoms with Crippen LogP contribution in [0.1, 0.15) is 38.3 Å². The van der Waals surface area contributed by atoms with Gasteiger partial charge in [0.25, 0.3) is 0 Å². The highest BCUT2D eigenvalue weighted by atomic mass is 19.4. The van der Waals surface area contributed by atoms with Gasteiger partial charge in [-0.15, -0.1) is 0 Å². The van der Waals surface area contributed by atoms with E-state index >= 15 is 0 Å². The van der Waals surface area contributed by atoms with Crippen LogP contribution in [0.5, 0.6) is 0 Å². The number of aliphatic hydroxyl groups excluding tert-OH is 1. The van der Waals surface area contributed by atoms with Crippen LogP contribution < -0.4 is 5.32 Å². The average molecular weight is 275 g/mol. The third-order valence-corrected chi connectivity index (χ3v) is 2.82. The standard InChI is InChI=1S/C14H20F3NO/c1-10(8-11(2)19)18-13(9-14(15,16)17)12-6-4-3-5-7-12/h3-7,10-11,13,18-19H,8-9H2,1-2H3. The van der Waals surface area contributed by atoms with E-state index in [1.807, 2.05) is 0 Å². The van der Waals surface area contributed by atoms with Gasteiger partial charge in [0.1, 0.15) is 0 Å². The van der Waals surface area contributed by atoms with Crippen molar-refractivity contribution in [2.75, 3.05) is 0 Å². The number of alkyl halides is 3. The number of halogens is 3. The van der Waals surface area contributed by atoms with E-state index in [0.717, 1.165) is 0 Å². The fourth-order valence-electron chi connectivity index (χ4n) is 2.11. The molecule has 3 atom stereocenters. The second-order valence-corrected chi connectivity index (χ2v) is 4.94. The fourth-order valence-corrected chi connectivity index (χ4v) is 2.11. The first-order chi connectivity index (χ1) is 8.78. The molecule has 2 N–H and O–H groups in total. The maximum atomic E-state index is 12.6. The van der Waals surface area contributed by atoms with Gasteiger partial charge in [-0.1, -0.05) is 30.3 Å². The molecule has 0 bridgehead atoms. The minimum atomic E-state index is -4.22. The fraction of sp³-hybridized carbons (Fsp3) is 0.571. The summed E-state index contributed by atoms with van der Waals surface area (Å²) in [5.74, 6) is 0. The quantitative estimate of drug-likeness (QED) is 0.833. The maximum absolute atomic E-state index is 12.6. The molecule has 5 heteroatoms. The third kappa shape index (κ3) is 6.59. The summed E-state index contributed by atoms with van der Waals surface area (Å²) in [5.41, 5.74) is 0.609. The topological polar surface area (TPSA) is 32.3 Å². The Morgan fingerprint density at radius 1 is 1.16 bits per heavy atom. The van der Waals surface area contributed by atoms with E-state index in [4.69, 9.17) is 0 Å². The van der Waals surface area contributed by atoms with Crippen molar-refractivity contribution in [3.05, 3.63) is 35.9 Å². The molecule has 108 valence electrons. The molecule has 2 nitrogen and oxygen atoms in total. The van der Waals surface area contributed by atoms with Crippen molar-refractivity contribution in [1.29, 1.82) is 0 Å². The molecule has 1 aromatic rings. The first kappa shape index (κ1) is 16.0. The van der Waals surface area contributed by atoms with Gasteiger partial charge in [0, 0.05) is 12.1 Å². The summed E-state index contributed by atoms with van der Waals surface area (Å²) in [6, 6.07) is 7.60. The zero-order valence-corrected chi connectivity index (χ0v) is 11.1. The largest absolute Gasteiger partial charge is 0.393 e. The van der Waals surface area contributed by atoms with Crippen molar-refractivity contribution in [2.45, 2.75) is 51.1 Å². The van der Waals surface area contributed by atoms with Crippen molar-refractivity contribution >= 4 is 0 Å². The second kappa shape index (κ2) is 6.91. The van der Waals surface area contributed by atoms with E-state index in [2.05, 4.69) is 5.32 Å². The Morgan fingerprint density at radius 2 is 1.74 bits per heavy atom. The first-order valence-corrected chi connectivity index (χ1v) is 6.33. The van der Waals surface area contributed by atoms with Crippen LogP contribution in [0, 0.1) is 0 Å². The molecule has 0 saturated carbocycles. The average Bonchev–Trinajstić information content (AvgIpc) is 2.26. The molecule has 1 rings (SSSR count). The molecule has 0 aliphatic rings. The van der Waals surface area contributed by atoms with Gasteiger partial charge in [0.15, 0.2) is 0 Å². The van der Waals surface area contributed by atoms with Crippen molar-refractivity contribution in [1.82, 2.24) is 5.32 Å². The third-order valence-electron chi connectivity index (χ3n) is 2.82. The zero-order valence-electron chi connectivity index (χ0n) is 11.1. The van der Waals surface area contributed by atoms with Gasteiger partial charge in [-0.2, -0.15) is 13.2 Å². The molecule has 1 aromatic carbocycles. The van der Waals surface area contributed by atoms with E-state index in [0.29, 0.717) is 12.0 Å². The molecule has 0 aliphatic heterocycles. The highest BCUT2D eigenvalue weighted by Crippen LogP contribution is 2.30. The molecule has 0 radical (unpaired) electrons. The van der Waals surface area contributed by atoms with Gasteiger partial charge >= 0.3 is 6.18 Å². The van der Waals surface area contributed by atoms with Crippen molar-refractivity contribution in [3.63, 3.8) is 0 Å². The summed E-state index contributed by atoms with van der Waals surface area (Å²) >= 11 is 0. The molecule has 0 amide bonds. The predicted molar refractivity (Wildman–Crippen MR) is 68.8 cm³/mol. The molecular formula is C14H20F3NO. The molecule has 0 aliphatic carbocycles. The van der Waals surface area contributed by atoms with Crippen LogP contribution >= 0.6 is 0 Å². The zero-order chi connectivity index (χ0) is 14.5. The van der Waals surface area contributed by atoms with Gasteiger partial charge in [0.2, 0.25) is 0 Å². The van der Waals surface area contributed by atoms with Crippen molar-refractivity contribution < 1.29 is 18.3 Å². The molecule has 0 saturated heterocycles. The van der Waals surface area contributed by atoms with E-state index in [-0.39, 0.29) is 6.04 Å². The first-order valence-electron chi connectivity index (χ1n) is 6.33. The summed E-state index contributed by atoms with van der Waals surface area (Å²) in [7, 11) is 0. The van der Waals surface area contributed by atoms with Crippen LogP contribution in [0.15, 0.2) is 30.3 Å². The smallest absolute Gasteiger partial charge is 0.390 e. The molecule has 0 aromatic heterocycles. The van der Waals surface area contributed by atoms with E-state index in [1.54, 1.807) is 44.2 Å². The Balaban J connectivity index is 2.76. The summed E-state index contributed by atoms with van der Waals surface area (Å²) in [4.78, 5) is 0. The Labute approximate surface area is 111 Å². The van der Waals surface area contributed by atoms with Gasteiger partial charge in [0.05, 0.1) is 12.5 Å². The van der Waals surface area contributed by atoms with Crippen LogP contribution in [0.25, 0.3) is 0 Å². The van der Waals surface area contributed by atoms with Crippen molar-refractivity contribution in [2.24, 2.45) is 0 Å². The Morgan fingerprint density at radius 3 is 2.21 bits per heavy atom. The monoisotopic (exact) mass is 275 g/mol. The SMILES string of the molecule is CC(O)CC(C)NC(CC(F)(F)F)c1ccccc1. The van der Waals surface area contributed by atoms with Crippen LogP contribution in [-0.4, -0.2) is 23.4 Å². The number of rotatable bonds is 6. The molecule has 3 unspecified atom stereocenters. The number of hydrogen-bond acceptors (Lipinski definition) is 2. The molecule has 0 heterocycles. The van der Waals surface area contributed by atoms with E-state index in [1.165, 1.54) is 0 Å². The lowest BCUT2D eigenvalue weighted by Gasteiger charge is -2.25. The Bertz CT molecular complexity index is 365. The van der Waals surface area contributed by atoms with Crippen molar-refractivity contribution in [3.8, 4) is 0 Å².